The molecular weight excluding hydrogens is 277 g/mol. The number of ether oxygens (including phenoxy) is 1. The number of nitrogens with two attached hydrogens (primary N) is 1. The number of imidazole rings is 1. The van der Waals surface area contributed by atoms with Crippen LogP contribution >= 0.6 is 7.60 Å². The van der Waals surface area contributed by atoms with Crippen molar-refractivity contribution in [1.82, 2.24) is 19.5 Å². The maximum atomic E-state index is 10.6. The van der Waals surface area contributed by atoms with Crippen molar-refractivity contribution in [3.05, 3.63) is 12.7 Å². The number of fused-ring (bicyclic) bond motifs is 1. The SMILES string of the molecule is Nc1ncnc2c1ncn2CCOC(O)P(=O)(O)O. The summed E-state index contributed by atoms with van der Waals surface area (Å²) in [5.41, 5.74) is 6.50. The van der Waals surface area contributed by atoms with Crippen molar-refractivity contribution >= 4 is 24.6 Å². The molecule has 0 radical (unpaired) electrons. The van der Waals surface area contributed by atoms with Gasteiger partial charge in [0.15, 0.2) is 11.5 Å². The van der Waals surface area contributed by atoms with Crippen LogP contribution in [0.15, 0.2) is 12.7 Å². The largest absolute Gasteiger partial charge is 0.382 e. The summed E-state index contributed by atoms with van der Waals surface area (Å²) in [5, 5.41) is 9.02. The Bertz CT molecular complexity index is 625. The molecule has 2 rings (SSSR count). The molecule has 0 fully saturated rings. The van der Waals surface area contributed by atoms with E-state index in [1.165, 1.54) is 12.7 Å². The Kier molecular flexibility index (Phi) is 3.78. The smallest absolute Gasteiger partial charge is 0.381 e. The van der Waals surface area contributed by atoms with Crippen LogP contribution in [0.2, 0.25) is 0 Å². The Morgan fingerprint density at radius 2 is 2.16 bits per heavy atom. The standard InChI is InChI=1S/C8H12N5O5P/c9-6-5-7(11-3-10-6)13(4-12-5)1-2-18-8(14)19(15,16)17/h3-4,8,14H,1-2H2,(H2,9,10,11)(H2,15,16,17). The molecule has 2 heterocycles. The summed E-state index contributed by atoms with van der Waals surface area (Å²) < 4.78 is 16.8. The van der Waals surface area contributed by atoms with Crippen LogP contribution in [-0.4, -0.2) is 47.1 Å². The third-order valence-corrected chi connectivity index (χ3v) is 3.04. The highest BCUT2D eigenvalue weighted by molar-refractivity contribution is 7.52. The van der Waals surface area contributed by atoms with Gasteiger partial charge in [-0.2, -0.15) is 0 Å². The van der Waals surface area contributed by atoms with Gasteiger partial charge in [0.25, 0.3) is 6.03 Å². The minimum Gasteiger partial charge on any atom is -0.382 e. The van der Waals surface area contributed by atoms with E-state index in [9.17, 15) is 4.57 Å². The van der Waals surface area contributed by atoms with Gasteiger partial charge in [-0.15, -0.1) is 0 Å². The van der Waals surface area contributed by atoms with Crippen LogP contribution in [-0.2, 0) is 15.8 Å². The maximum absolute atomic E-state index is 10.6. The first-order chi connectivity index (χ1) is 8.89. The highest BCUT2D eigenvalue weighted by atomic mass is 31.2. The molecular formula is C8H12N5O5P. The van der Waals surface area contributed by atoms with Crippen LogP contribution in [0.25, 0.3) is 11.2 Å². The first-order valence-corrected chi connectivity index (χ1v) is 6.84. The molecule has 0 aliphatic carbocycles. The van der Waals surface area contributed by atoms with Crippen LogP contribution in [0.5, 0.6) is 0 Å². The lowest BCUT2D eigenvalue weighted by molar-refractivity contribution is -0.0572. The van der Waals surface area contributed by atoms with Gasteiger partial charge in [-0.25, -0.2) is 15.0 Å². The number of aromatic nitrogens is 4. The van der Waals surface area contributed by atoms with Crippen molar-refractivity contribution in [2.45, 2.75) is 12.6 Å². The fourth-order valence-electron chi connectivity index (χ4n) is 1.42. The van der Waals surface area contributed by atoms with Crippen LogP contribution in [0, 0.1) is 0 Å². The first-order valence-electron chi connectivity index (χ1n) is 5.16. The Balaban J connectivity index is 2.03. The molecule has 0 amide bonds. The van der Waals surface area contributed by atoms with Crippen molar-refractivity contribution in [2.24, 2.45) is 0 Å². The highest BCUT2D eigenvalue weighted by Crippen LogP contribution is 2.39. The number of nitrogens with zero attached hydrogens (tertiary/aromatic N) is 4. The maximum Gasteiger partial charge on any atom is 0.381 e. The quantitative estimate of drug-likeness (QED) is 0.395. The molecule has 10 nitrogen and oxygen atoms in total. The van der Waals surface area contributed by atoms with E-state index in [1.807, 2.05) is 0 Å². The van der Waals surface area contributed by atoms with E-state index < -0.39 is 13.6 Å². The van der Waals surface area contributed by atoms with Gasteiger partial charge in [-0.05, 0) is 0 Å². The number of anilines is 1. The van der Waals surface area contributed by atoms with E-state index in [4.69, 9.17) is 20.6 Å². The van der Waals surface area contributed by atoms with Gasteiger partial charge in [0.2, 0.25) is 0 Å². The molecule has 0 aromatic carbocycles. The normalized spacial score (nSPS) is 13.8. The van der Waals surface area contributed by atoms with Crippen LogP contribution < -0.4 is 5.73 Å². The number of hydrogen-bond acceptors (Lipinski definition) is 7. The average Bonchev–Trinajstić information content (AvgIpc) is 2.73. The van der Waals surface area contributed by atoms with Gasteiger partial charge in [0.05, 0.1) is 12.9 Å². The van der Waals surface area contributed by atoms with Gasteiger partial charge in [-0.1, -0.05) is 0 Å². The van der Waals surface area contributed by atoms with E-state index in [1.54, 1.807) is 4.57 Å². The molecule has 11 heteroatoms. The second-order valence-corrected chi connectivity index (χ2v) is 5.28. The molecule has 19 heavy (non-hydrogen) atoms. The Morgan fingerprint density at radius 1 is 1.42 bits per heavy atom. The minimum absolute atomic E-state index is 0.123. The summed E-state index contributed by atoms with van der Waals surface area (Å²) in [4.78, 5) is 29.0. The molecule has 1 atom stereocenters. The van der Waals surface area contributed by atoms with E-state index in [-0.39, 0.29) is 19.0 Å². The predicted molar refractivity (Wildman–Crippen MR) is 63.7 cm³/mol. The summed E-state index contributed by atoms with van der Waals surface area (Å²) in [6.07, 6.45) is 2.73. The molecule has 1 unspecified atom stereocenters. The number of nitrogen functional groups attached to an aromatic ring is 1. The molecule has 0 aliphatic rings. The van der Waals surface area contributed by atoms with Gasteiger partial charge < -0.3 is 29.9 Å². The minimum atomic E-state index is -4.66. The van der Waals surface area contributed by atoms with E-state index in [0.717, 1.165) is 0 Å². The molecule has 2 aromatic heterocycles. The van der Waals surface area contributed by atoms with Gasteiger partial charge in [0.1, 0.15) is 11.8 Å². The van der Waals surface area contributed by atoms with Gasteiger partial charge in [-0.3, -0.25) is 4.57 Å². The van der Waals surface area contributed by atoms with Gasteiger partial charge in [0, 0.05) is 6.54 Å². The third kappa shape index (κ3) is 3.06. The summed E-state index contributed by atoms with van der Waals surface area (Å²) in [7, 11) is -4.66. The van der Waals surface area contributed by atoms with Crippen molar-refractivity contribution in [3.8, 4) is 0 Å². The number of aliphatic hydroxyl groups is 1. The first kappa shape index (κ1) is 13.8. The molecule has 0 spiro atoms. The predicted octanol–water partition coefficient (Wildman–Crippen LogP) is -1.12. The zero-order valence-electron chi connectivity index (χ0n) is 9.62. The number of rotatable bonds is 5. The highest BCUT2D eigenvalue weighted by Gasteiger charge is 2.26. The fraction of sp³-hybridized carbons (Fsp3) is 0.375. The third-order valence-electron chi connectivity index (χ3n) is 2.32. The summed E-state index contributed by atoms with van der Waals surface area (Å²) in [5.74, 6) is 0.236. The topological polar surface area (TPSA) is 157 Å². The van der Waals surface area contributed by atoms with E-state index in [0.29, 0.717) is 11.2 Å². The lowest BCUT2D eigenvalue weighted by atomic mass is 10.5. The molecule has 0 saturated carbocycles. The Labute approximate surface area is 107 Å². The van der Waals surface area contributed by atoms with Crippen LogP contribution in [0.4, 0.5) is 5.82 Å². The molecule has 0 saturated heterocycles. The summed E-state index contributed by atoms with van der Waals surface area (Å²) in [6.45, 7) is 0.0751. The number of aliphatic hydroxyl groups excluding tert-OH is 1. The lowest BCUT2D eigenvalue weighted by Gasteiger charge is -2.13. The summed E-state index contributed by atoms with van der Waals surface area (Å²) in [6, 6.07) is -2.14. The fourth-order valence-corrected chi connectivity index (χ4v) is 1.72. The van der Waals surface area contributed by atoms with Crippen molar-refractivity contribution in [3.63, 3.8) is 0 Å². The second-order valence-electron chi connectivity index (χ2n) is 3.66. The Hall–Kier alpha value is -1.58. The van der Waals surface area contributed by atoms with E-state index in [2.05, 4.69) is 19.7 Å². The molecule has 0 aliphatic heterocycles. The van der Waals surface area contributed by atoms with Crippen molar-refractivity contribution < 1.29 is 24.2 Å². The zero-order valence-corrected chi connectivity index (χ0v) is 10.5. The van der Waals surface area contributed by atoms with Crippen LogP contribution in [0.3, 0.4) is 0 Å². The molecule has 5 N–H and O–H groups in total. The zero-order chi connectivity index (χ0) is 14.0. The molecule has 104 valence electrons. The number of hydrogen-bond donors (Lipinski definition) is 4. The van der Waals surface area contributed by atoms with Crippen molar-refractivity contribution in [2.75, 3.05) is 12.3 Å². The molecule has 0 bridgehead atoms. The lowest BCUT2D eigenvalue weighted by Crippen LogP contribution is -2.16. The van der Waals surface area contributed by atoms with Crippen molar-refractivity contribution in [1.29, 1.82) is 0 Å². The summed E-state index contributed by atoms with van der Waals surface area (Å²) >= 11 is 0. The second kappa shape index (κ2) is 5.19. The van der Waals surface area contributed by atoms with E-state index >= 15 is 0 Å². The van der Waals surface area contributed by atoms with Gasteiger partial charge >= 0.3 is 7.60 Å². The van der Waals surface area contributed by atoms with Crippen LogP contribution in [0.1, 0.15) is 0 Å². The Morgan fingerprint density at radius 3 is 2.84 bits per heavy atom. The monoisotopic (exact) mass is 289 g/mol. The average molecular weight is 289 g/mol. The molecule has 2 aromatic rings.